The molecule has 4 atom stereocenters. The summed E-state index contributed by atoms with van der Waals surface area (Å²) in [4.78, 5) is 21.6. The van der Waals surface area contributed by atoms with Crippen LogP contribution in [-0.4, -0.2) is 48.1 Å². The molecule has 0 aliphatic carbocycles. The zero-order valence-electron chi connectivity index (χ0n) is 16.8. The van der Waals surface area contributed by atoms with Crippen molar-refractivity contribution in [2.75, 3.05) is 31.1 Å². The van der Waals surface area contributed by atoms with Crippen molar-refractivity contribution in [2.24, 2.45) is 11.8 Å². The summed E-state index contributed by atoms with van der Waals surface area (Å²) in [6.07, 6.45) is 2.32. The predicted molar refractivity (Wildman–Crippen MR) is 108 cm³/mol. The summed E-state index contributed by atoms with van der Waals surface area (Å²) in [6, 6.07) is 12.2. The highest BCUT2D eigenvalue weighted by atomic mass is 19.1. The van der Waals surface area contributed by atoms with Crippen molar-refractivity contribution in [1.82, 2.24) is 9.88 Å². The second-order valence-electron chi connectivity index (χ2n) is 8.50. The lowest BCUT2D eigenvalue weighted by Crippen LogP contribution is -2.49. The van der Waals surface area contributed by atoms with E-state index >= 15 is 0 Å². The summed E-state index contributed by atoms with van der Waals surface area (Å²) >= 11 is 0. The molecule has 0 bridgehead atoms. The maximum absolute atomic E-state index is 13.3. The number of hydrogen-bond acceptors (Lipinski definition) is 5. The number of piperidine rings is 1. The minimum Gasteiger partial charge on any atom is -0.359 e. The average Bonchev–Trinajstić information content (AvgIpc) is 3.32. The molecule has 3 aliphatic heterocycles. The van der Waals surface area contributed by atoms with Crippen LogP contribution in [0.1, 0.15) is 24.5 Å². The molecule has 0 spiro atoms. The van der Waals surface area contributed by atoms with Crippen LogP contribution in [0, 0.1) is 29.0 Å². The van der Waals surface area contributed by atoms with Gasteiger partial charge in [0.2, 0.25) is 5.91 Å². The first kappa shape index (κ1) is 19.0. The highest BCUT2D eigenvalue weighted by Crippen LogP contribution is 2.55. The molecule has 4 unspecified atom stereocenters. The quantitative estimate of drug-likeness (QED) is 0.733. The zero-order valence-corrected chi connectivity index (χ0v) is 16.8. The maximum atomic E-state index is 13.3. The SMILES string of the molecule is CC1CN(C(=O)C2CCN(c3ccc(C#N)cn3)C2)CC2OC12c1ccc(F)cc1. The van der Waals surface area contributed by atoms with Crippen molar-refractivity contribution < 1.29 is 13.9 Å². The number of likely N-dealkylation sites (tertiary alicyclic amines) is 1. The van der Waals surface area contributed by atoms with E-state index < -0.39 is 5.60 Å². The fourth-order valence-corrected chi connectivity index (χ4v) is 5.04. The Hall–Kier alpha value is -2.98. The van der Waals surface area contributed by atoms with Gasteiger partial charge >= 0.3 is 0 Å². The van der Waals surface area contributed by atoms with Crippen LogP contribution in [0.25, 0.3) is 0 Å². The first-order chi connectivity index (χ1) is 14.5. The van der Waals surface area contributed by atoms with Crippen molar-refractivity contribution in [2.45, 2.75) is 25.0 Å². The molecular weight excluding hydrogens is 383 g/mol. The zero-order chi connectivity index (χ0) is 20.9. The van der Waals surface area contributed by atoms with Gasteiger partial charge in [-0.3, -0.25) is 4.79 Å². The van der Waals surface area contributed by atoms with Gasteiger partial charge < -0.3 is 14.5 Å². The highest BCUT2D eigenvalue weighted by Gasteiger charge is 2.64. The van der Waals surface area contributed by atoms with Gasteiger partial charge in [-0.05, 0) is 36.2 Å². The van der Waals surface area contributed by atoms with Crippen LogP contribution < -0.4 is 4.90 Å². The van der Waals surface area contributed by atoms with E-state index in [1.807, 2.05) is 11.0 Å². The summed E-state index contributed by atoms with van der Waals surface area (Å²) in [5, 5.41) is 8.92. The molecule has 4 heterocycles. The Morgan fingerprint density at radius 3 is 2.70 bits per heavy atom. The third-order valence-corrected chi connectivity index (χ3v) is 6.72. The molecule has 0 N–H and O–H groups in total. The topological polar surface area (TPSA) is 72.8 Å². The molecule has 0 radical (unpaired) electrons. The summed E-state index contributed by atoms with van der Waals surface area (Å²) in [5.41, 5.74) is 1.13. The number of aromatic nitrogens is 1. The van der Waals surface area contributed by atoms with Crippen molar-refractivity contribution >= 4 is 11.7 Å². The second-order valence-corrected chi connectivity index (χ2v) is 8.50. The Bertz CT molecular complexity index is 1000. The monoisotopic (exact) mass is 406 g/mol. The molecule has 1 amide bonds. The van der Waals surface area contributed by atoms with Crippen LogP contribution >= 0.6 is 0 Å². The van der Waals surface area contributed by atoms with Crippen LogP contribution in [0.4, 0.5) is 10.2 Å². The normalized spacial score (nSPS) is 30.0. The number of hydrogen-bond donors (Lipinski definition) is 0. The standard InChI is InChI=1S/C23H23FN4O2/c1-15-12-28(14-20-23(15,30-20)18-3-5-19(24)6-4-18)22(29)17-8-9-27(13-17)21-7-2-16(10-25)11-26-21/h2-7,11,15,17,20H,8-9,12-14H2,1H3. The minimum absolute atomic E-state index is 0.0339. The lowest BCUT2D eigenvalue weighted by Gasteiger charge is -2.35. The lowest BCUT2D eigenvalue weighted by atomic mass is 9.80. The van der Waals surface area contributed by atoms with Crippen molar-refractivity contribution in [3.05, 3.63) is 59.5 Å². The molecule has 5 rings (SSSR count). The van der Waals surface area contributed by atoms with Crippen molar-refractivity contribution in [3.8, 4) is 6.07 Å². The van der Waals surface area contributed by atoms with E-state index in [4.69, 9.17) is 10.00 Å². The molecule has 3 saturated heterocycles. The smallest absolute Gasteiger partial charge is 0.227 e. The number of fused-ring (bicyclic) bond motifs is 1. The van der Waals surface area contributed by atoms with E-state index in [-0.39, 0.29) is 29.7 Å². The molecule has 1 aromatic heterocycles. The van der Waals surface area contributed by atoms with Gasteiger partial charge in [-0.25, -0.2) is 9.37 Å². The molecule has 6 nitrogen and oxygen atoms in total. The fourth-order valence-electron chi connectivity index (χ4n) is 5.04. The summed E-state index contributed by atoms with van der Waals surface area (Å²) < 4.78 is 19.4. The molecule has 2 aromatic rings. The predicted octanol–water partition coefficient (Wildman–Crippen LogP) is 2.69. The van der Waals surface area contributed by atoms with E-state index in [0.29, 0.717) is 25.2 Å². The number of amides is 1. The van der Waals surface area contributed by atoms with Gasteiger partial charge in [0, 0.05) is 31.7 Å². The first-order valence-corrected chi connectivity index (χ1v) is 10.3. The van der Waals surface area contributed by atoms with Crippen LogP contribution in [0.5, 0.6) is 0 Å². The van der Waals surface area contributed by atoms with E-state index in [0.717, 1.165) is 24.3 Å². The lowest BCUT2D eigenvalue weighted by molar-refractivity contribution is -0.136. The van der Waals surface area contributed by atoms with Crippen molar-refractivity contribution in [1.29, 1.82) is 5.26 Å². The number of epoxide rings is 1. The largest absolute Gasteiger partial charge is 0.359 e. The fraction of sp³-hybridized carbons (Fsp3) is 0.435. The van der Waals surface area contributed by atoms with Crippen LogP contribution in [0.2, 0.25) is 0 Å². The first-order valence-electron chi connectivity index (χ1n) is 10.3. The third kappa shape index (κ3) is 3.03. The minimum atomic E-state index is -0.390. The molecule has 3 fully saturated rings. The maximum Gasteiger partial charge on any atom is 0.227 e. The summed E-state index contributed by atoms with van der Waals surface area (Å²) in [5.74, 6) is 0.795. The van der Waals surface area contributed by atoms with Gasteiger partial charge in [0.15, 0.2) is 0 Å². The number of halogens is 1. The molecule has 1 aromatic carbocycles. The molecule has 0 saturated carbocycles. The van der Waals surface area contributed by atoms with Gasteiger partial charge in [0.1, 0.15) is 29.4 Å². The van der Waals surface area contributed by atoms with Gasteiger partial charge in [-0.2, -0.15) is 5.26 Å². The Morgan fingerprint density at radius 2 is 2.03 bits per heavy atom. The number of pyridine rings is 1. The van der Waals surface area contributed by atoms with Crippen LogP contribution in [0.3, 0.4) is 0 Å². The molecule has 154 valence electrons. The number of ether oxygens (including phenoxy) is 1. The number of anilines is 1. The highest BCUT2D eigenvalue weighted by molar-refractivity contribution is 5.80. The Kier molecular flexibility index (Phi) is 4.48. The Balaban J connectivity index is 1.24. The number of nitriles is 1. The number of benzene rings is 1. The van der Waals surface area contributed by atoms with Crippen molar-refractivity contribution in [3.63, 3.8) is 0 Å². The van der Waals surface area contributed by atoms with E-state index in [2.05, 4.69) is 22.9 Å². The van der Waals surface area contributed by atoms with E-state index in [1.165, 1.54) is 12.1 Å². The average molecular weight is 406 g/mol. The van der Waals surface area contributed by atoms with Gasteiger partial charge in [-0.1, -0.05) is 19.1 Å². The van der Waals surface area contributed by atoms with Gasteiger partial charge in [-0.15, -0.1) is 0 Å². The Labute approximate surface area is 174 Å². The summed E-state index contributed by atoms with van der Waals surface area (Å²) in [7, 11) is 0. The molecule has 30 heavy (non-hydrogen) atoms. The number of carbonyl (C=O) groups is 1. The molecule has 7 heteroatoms. The van der Waals surface area contributed by atoms with Crippen LogP contribution in [-0.2, 0) is 15.1 Å². The second kappa shape index (κ2) is 7.06. The van der Waals surface area contributed by atoms with E-state index in [9.17, 15) is 9.18 Å². The van der Waals surface area contributed by atoms with E-state index in [1.54, 1.807) is 24.4 Å². The van der Waals surface area contributed by atoms with Gasteiger partial charge in [0.05, 0.1) is 18.0 Å². The number of nitrogens with zero attached hydrogens (tertiary/aromatic N) is 4. The third-order valence-electron chi connectivity index (χ3n) is 6.72. The number of rotatable bonds is 3. The Morgan fingerprint density at radius 1 is 1.23 bits per heavy atom. The van der Waals surface area contributed by atoms with Crippen LogP contribution in [0.15, 0.2) is 42.6 Å². The van der Waals surface area contributed by atoms with Gasteiger partial charge in [0.25, 0.3) is 0 Å². The molecular formula is C23H23FN4O2. The summed E-state index contributed by atoms with van der Waals surface area (Å²) in [6.45, 7) is 4.73. The number of carbonyl (C=O) groups excluding carboxylic acids is 1. The molecule has 3 aliphatic rings.